The van der Waals surface area contributed by atoms with E-state index in [1.165, 1.54) is 0 Å². The number of nitrogens with zero attached hydrogens (tertiary/aromatic N) is 1. The van der Waals surface area contributed by atoms with E-state index in [9.17, 15) is 4.79 Å². The molecule has 0 radical (unpaired) electrons. The van der Waals surface area contributed by atoms with Crippen molar-refractivity contribution in [3.8, 4) is 0 Å². The summed E-state index contributed by atoms with van der Waals surface area (Å²) in [6.07, 6.45) is 3.13. The van der Waals surface area contributed by atoms with Gasteiger partial charge in [0.2, 0.25) is 5.91 Å². The number of carbonyl (C=O) groups excluding carboxylic acids is 1. The minimum absolute atomic E-state index is 0.118. The predicted octanol–water partition coefficient (Wildman–Crippen LogP) is 0.250. The summed E-state index contributed by atoms with van der Waals surface area (Å²) in [7, 11) is 3.74. The van der Waals surface area contributed by atoms with E-state index in [0.717, 1.165) is 39.0 Å². The standard InChI is InChI=1S/C13H24N2O3/c1-15-6-7-18-11(9-15)8-14-12(16)13(10-17-2)4-3-5-13/h11H,3-10H2,1-2H3,(H,14,16)/t11-/m0/s1. The van der Waals surface area contributed by atoms with Crippen LogP contribution in [-0.4, -0.2) is 63.9 Å². The van der Waals surface area contributed by atoms with Crippen molar-refractivity contribution in [2.75, 3.05) is 47.0 Å². The van der Waals surface area contributed by atoms with Gasteiger partial charge in [-0.25, -0.2) is 0 Å². The Morgan fingerprint density at radius 3 is 2.89 bits per heavy atom. The second-order valence-corrected chi connectivity index (χ2v) is 5.53. The molecule has 1 heterocycles. The highest BCUT2D eigenvalue weighted by Gasteiger charge is 2.44. The number of likely N-dealkylation sites (N-methyl/N-ethyl adjacent to an activating group) is 1. The molecule has 104 valence electrons. The Morgan fingerprint density at radius 1 is 1.56 bits per heavy atom. The van der Waals surface area contributed by atoms with Crippen molar-refractivity contribution in [1.29, 1.82) is 0 Å². The van der Waals surface area contributed by atoms with Crippen LogP contribution < -0.4 is 5.32 Å². The Bertz CT molecular complexity index is 292. The number of rotatable bonds is 5. The van der Waals surface area contributed by atoms with E-state index in [0.29, 0.717) is 13.2 Å². The lowest BCUT2D eigenvalue weighted by molar-refractivity contribution is -0.141. The van der Waals surface area contributed by atoms with Gasteiger partial charge in [-0.1, -0.05) is 6.42 Å². The molecule has 1 aliphatic carbocycles. The highest BCUT2D eigenvalue weighted by molar-refractivity contribution is 5.83. The fraction of sp³-hybridized carbons (Fsp3) is 0.923. The van der Waals surface area contributed by atoms with Crippen LogP contribution in [0.3, 0.4) is 0 Å². The number of ether oxygens (including phenoxy) is 2. The molecular weight excluding hydrogens is 232 g/mol. The first-order valence-corrected chi connectivity index (χ1v) is 6.74. The van der Waals surface area contributed by atoms with E-state index in [-0.39, 0.29) is 17.4 Å². The number of morpholine rings is 1. The summed E-state index contributed by atoms with van der Waals surface area (Å²) < 4.78 is 10.8. The molecule has 0 unspecified atom stereocenters. The Morgan fingerprint density at radius 2 is 2.33 bits per heavy atom. The normalized spacial score (nSPS) is 27.6. The molecule has 0 spiro atoms. The van der Waals surface area contributed by atoms with E-state index in [4.69, 9.17) is 9.47 Å². The zero-order valence-electron chi connectivity index (χ0n) is 11.4. The fourth-order valence-corrected chi connectivity index (χ4v) is 2.70. The third-order valence-corrected chi connectivity index (χ3v) is 4.05. The number of hydrogen-bond acceptors (Lipinski definition) is 4. The Labute approximate surface area is 109 Å². The van der Waals surface area contributed by atoms with Crippen molar-refractivity contribution >= 4 is 5.91 Å². The van der Waals surface area contributed by atoms with Crippen molar-refractivity contribution in [3.05, 3.63) is 0 Å². The highest BCUT2D eigenvalue weighted by Crippen LogP contribution is 2.41. The number of carbonyl (C=O) groups is 1. The smallest absolute Gasteiger partial charge is 0.228 e. The van der Waals surface area contributed by atoms with E-state index in [1.807, 2.05) is 0 Å². The molecule has 1 amide bonds. The molecule has 0 aromatic heterocycles. The van der Waals surface area contributed by atoms with Gasteiger partial charge in [-0.05, 0) is 19.9 Å². The summed E-state index contributed by atoms with van der Waals surface area (Å²) in [5, 5.41) is 3.03. The van der Waals surface area contributed by atoms with Crippen molar-refractivity contribution in [2.24, 2.45) is 5.41 Å². The molecule has 2 aliphatic rings. The summed E-state index contributed by atoms with van der Waals surface area (Å²) in [6, 6.07) is 0. The summed E-state index contributed by atoms with van der Waals surface area (Å²) in [4.78, 5) is 14.4. The molecule has 2 fully saturated rings. The maximum absolute atomic E-state index is 12.2. The van der Waals surface area contributed by atoms with Crippen LogP contribution in [0, 0.1) is 5.41 Å². The highest BCUT2D eigenvalue weighted by atomic mass is 16.5. The lowest BCUT2D eigenvalue weighted by Gasteiger charge is -2.40. The van der Waals surface area contributed by atoms with Crippen molar-refractivity contribution < 1.29 is 14.3 Å². The van der Waals surface area contributed by atoms with Gasteiger partial charge < -0.3 is 19.7 Å². The lowest BCUT2D eigenvalue weighted by atomic mass is 9.68. The Kier molecular flexibility index (Phi) is 4.59. The van der Waals surface area contributed by atoms with Gasteiger partial charge in [-0.3, -0.25) is 4.79 Å². The van der Waals surface area contributed by atoms with Crippen LogP contribution in [0.15, 0.2) is 0 Å². The molecule has 18 heavy (non-hydrogen) atoms. The molecular formula is C13H24N2O3. The van der Waals surface area contributed by atoms with Gasteiger partial charge in [0, 0.05) is 26.7 Å². The maximum Gasteiger partial charge on any atom is 0.228 e. The number of hydrogen-bond donors (Lipinski definition) is 1. The van der Waals surface area contributed by atoms with Gasteiger partial charge >= 0.3 is 0 Å². The molecule has 1 saturated heterocycles. The minimum atomic E-state index is -0.269. The topological polar surface area (TPSA) is 50.8 Å². The molecule has 0 bridgehead atoms. The van der Waals surface area contributed by atoms with E-state index in [1.54, 1.807) is 7.11 Å². The fourth-order valence-electron chi connectivity index (χ4n) is 2.70. The third kappa shape index (κ3) is 3.02. The predicted molar refractivity (Wildman–Crippen MR) is 68.4 cm³/mol. The molecule has 2 rings (SSSR count). The molecule has 1 saturated carbocycles. The SMILES string of the molecule is COCC1(C(=O)NC[C@H]2CN(C)CCO2)CCC1. The van der Waals surface area contributed by atoms with Crippen LogP contribution in [0.1, 0.15) is 19.3 Å². The minimum Gasteiger partial charge on any atom is -0.384 e. The lowest BCUT2D eigenvalue weighted by Crippen LogP contribution is -2.52. The first-order chi connectivity index (χ1) is 8.66. The van der Waals surface area contributed by atoms with Crippen molar-refractivity contribution in [1.82, 2.24) is 10.2 Å². The van der Waals surface area contributed by atoms with E-state index >= 15 is 0 Å². The second kappa shape index (κ2) is 5.99. The Balaban J connectivity index is 1.77. The third-order valence-electron chi connectivity index (χ3n) is 4.05. The van der Waals surface area contributed by atoms with Crippen LogP contribution in [0.2, 0.25) is 0 Å². The quantitative estimate of drug-likeness (QED) is 0.766. The molecule has 0 aromatic rings. The van der Waals surface area contributed by atoms with Gasteiger partial charge in [0.1, 0.15) is 0 Å². The monoisotopic (exact) mass is 256 g/mol. The number of amides is 1. The molecule has 5 heteroatoms. The van der Waals surface area contributed by atoms with Gasteiger partial charge in [0.25, 0.3) is 0 Å². The van der Waals surface area contributed by atoms with E-state index < -0.39 is 0 Å². The molecule has 1 aliphatic heterocycles. The van der Waals surface area contributed by atoms with E-state index in [2.05, 4.69) is 17.3 Å². The number of nitrogens with one attached hydrogen (secondary N) is 1. The average molecular weight is 256 g/mol. The van der Waals surface area contributed by atoms with Gasteiger partial charge in [0.15, 0.2) is 0 Å². The zero-order valence-corrected chi connectivity index (χ0v) is 11.4. The summed E-state index contributed by atoms with van der Waals surface area (Å²) in [6.45, 7) is 3.74. The van der Waals surface area contributed by atoms with Crippen LogP contribution >= 0.6 is 0 Å². The molecule has 1 N–H and O–H groups in total. The second-order valence-electron chi connectivity index (χ2n) is 5.53. The van der Waals surface area contributed by atoms with Gasteiger partial charge in [0.05, 0.1) is 24.7 Å². The van der Waals surface area contributed by atoms with Crippen molar-refractivity contribution in [2.45, 2.75) is 25.4 Å². The molecule has 0 aromatic carbocycles. The van der Waals surface area contributed by atoms with Gasteiger partial charge in [-0.2, -0.15) is 0 Å². The van der Waals surface area contributed by atoms with Gasteiger partial charge in [-0.15, -0.1) is 0 Å². The average Bonchev–Trinajstić information content (AvgIpc) is 2.31. The summed E-state index contributed by atoms with van der Waals surface area (Å²) in [5.41, 5.74) is -0.269. The maximum atomic E-state index is 12.2. The largest absolute Gasteiger partial charge is 0.384 e. The van der Waals surface area contributed by atoms with Crippen LogP contribution in [0.25, 0.3) is 0 Å². The van der Waals surface area contributed by atoms with Crippen LogP contribution in [-0.2, 0) is 14.3 Å². The summed E-state index contributed by atoms with van der Waals surface area (Å²) in [5.74, 6) is 0.132. The van der Waals surface area contributed by atoms with Crippen LogP contribution in [0.5, 0.6) is 0 Å². The number of methoxy groups -OCH3 is 1. The molecule has 1 atom stereocenters. The summed E-state index contributed by atoms with van der Waals surface area (Å²) >= 11 is 0. The zero-order chi connectivity index (χ0) is 13.0. The first kappa shape index (κ1) is 13.8. The van der Waals surface area contributed by atoms with Crippen LogP contribution in [0.4, 0.5) is 0 Å². The molecule has 5 nitrogen and oxygen atoms in total. The Hall–Kier alpha value is -0.650. The first-order valence-electron chi connectivity index (χ1n) is 6.74. The van der Waals surface area contributed by atoms with Crippen molar-refractivity contribution in [3.63, 3.8) is 0 Å².